The zero-order valence-corrected chi connectivity index (χ0v) is 13.7. The Hall–Kier alpha value is -0.350. The largest absolute Gasteiger partial charge is 0.309 e. The van der Waals surface area contributed by atoms with Crippen LogP contribution >= 0.6 is 38.9 Å². The summed E-state index contributed by atoms with van der Waals surface area (Å²) < 4.78 is 1.15. The molecular weight excluding hydrogens is 330 g/mol. The molecule has 1 atom stereocenters. The van der Waals surface area contributed by atoms with Gasteiger partial charge >= 0.3 is 0 Å². The zero-order chi connectivity index (χ0) is 13.3. The molecule has 1 heterocycles. The molecule has 0 aliphatic heterocycles. The summed E-state index contributed by atoms with van der Waals surface area (Å²) in [5.41, 5.74) is 3.78. The lowest BCUT2D eigenvalue weighted by molar-refractivity contribution is 0.698. The molecule has 1 aromatic carbocycles. The molecule has 0 bridgehead atoms. The lowest BCUT2D eigenvalue weighted by Gasteiger charge is -2.19. The number of nitrogens with one attached hydrogen (secondary N) is 1. The first-order chi connectivity index (χ1) is 8.54. The van der Waals surface area contributed by atoms with E-state index in [-0.39, 0.29) is 6.04 Å². The molecule has 2 aromatic rings. The van der Waals surface area contributed by atoms with E-state index in [0.29, 0.717) is 0 Å². The highest BCUT2D eigenvalue weighted by Gasteiger charge is 2.19. The second-order valence-corrected chi connectivity index (χ2v) is 6.52. The van der Waals surface area contributed by atoms with Gasteiger partial charge < -0.3 is 5.32 Å². The standard InChI is InChI=1S/C14H15BrClNS/c1-8-7-11(15)9(2)6-10(8)13(17-3)14-12(16)4-5-18-14/h4-7,13,17H,1-3H3. The Morgan fingerprint density at radius 1 is 1.28 bits per heavy atom. The summed E-state index contributed by atoms with van der Waals surface area (Å²) in [6.07, 6.45) is 0. The number of hydrogen-bond donors (Lipinski definition) is 1. The third kappa shape index (κ3) is 2.64. The monoisotopic (exact) mass is 343 g/mol. The van der Waals surface area contributed by atoms with Crippen molar-refractivity contribution in [2.75, 3.05) is 7.05 Å². The van der Waals surface area contributed by atoms with Crippen LogP contribution in [0, 0.1) is 13.8 Å². The Kier molecular flexibility index (Phi) is 4.49. The summed E-state index contributed by atoms with van der Waals surface area (Å²) in [5.74, 6) is 0. The minimum Gasteiger partial charge on any atom is -0.309 e. The number of aryl methyl sites for hydroxylation is 2. The number of hydrogen-bond acceptors (Lipinski definition) is 2. The van der Waals surface area contributed by atoms with Crippen molar-refractivity contribution in [3.8, 4) is 0 Å². The Morgan fingerprint density at radius 2 is 2.00 bits per heavy atom. The highest BCUT2D eigenvalue weighted by molar-refractivity contribution is 9.10. The van der Waals surface area contributed by atoms with Crippen molar-refractivity contribution in [3.05, 3.63) is 54.6 Å². The van der Waals surface area contributed by atoms with E-state index in [1.165, 1.54) is 21.6 Å². The first-order valence-corrected chi connectivity index (χ1v) is 7.76. The molecule has 0 fully saturated rings. The normalized spacial score (nSPS) is 12.7. The molecule has 1 aromatic heterocycles. The molecule has 4 heteroatoms. The quantitative estimate of drug-likeness (QED) is 0.818. The van der Waals surface area contributed by atoms with E-state index in [9.17, 15) is 0 Å². The fraction of sp³-hybridized carbons (Fsp3) is 0.286. The molecule has 1 nitrogen and oxygen atoms in total. The number of thiophene rings is 1. The molecule has 18 heavy (non-hydrogen) atoms. The van der Waals surface area contributed by atoms with E-state index in [1.807, 2.05) is 18.5 Å². The van der Waals surface area contributed by atoms with E-state index in [4.69, 9.17) is 11.6 Å². The number of rotatable bonds is 3. The molecule has 0 radical (unpaired) electrons. The van der Waals surface area contributed by atoms with Gasteiger partial charge in [-0.3, -0.25) is 0 Å². The van der Waals surface area contributed by atoms with Crippen LogP contribution in [0.5, 0.6) is 0 Å². The smallest absolute Gasteiger partial charge is 0.0686 e. The first-order valence-electron chi connectivity index (χ1n) is 5.71. The SMILES string of the molecule is CNC(c1cc(C)c(Br)cc1C)c1sccc1Cl. The summed E-state index contributed by atoms with van der Waals surface area (Å²) in [7, 11) is 1.97. The zero-order valence-electron chi connectivity index (χ0n) is 10.6. The van der Waals surface area contributed by atoms with E-state index < -0.39 is 0 Å². The highest BCUT2D eigenvalue weighted by atomic mass is 79.9. The van der Waals surface area contributed by atoms with Crippen LogP contribution in [0.1, 0.15) is 27.6 Å². The van der Waals surface area contributed by atoms with E-state index in [0.717, 1.165) is 9.50 Å². The summed E-state index contributed by atoms with van der Waals surface area (Å²) in [4.78, 5) is 1.17. The van der Waals surface area contributed by atoms with E-state index in [1.54, 1.807) is 11.3 Å². The average molecular weight is 345 g/mol. The third-order valence-electron chi connectivity index (χ3n) is 3.05. The lowest BCUT2D eigenvalue weighted by atomic mass is 9.98. The second kappa shape index (κ2) is 5.74. The molecule has 0 amide bonds. The minimum absolute atomic E-state index is 0.157. The summed E-state index contributed by atoms with van der Waals surface area (Å²) >= 11 is 11.5. The Labute approximate surface area is 125 Å². The van der Waals surface area contributed by atoms with Crippen LogP contribution in [0.15, 0.2) is 28.1 Å². The first kappa shape index (κ1) is 14.1. The summed E-state index contributed by atoms with van der Waals surface area (Å²) in [6.45, 7) is 4.24. The average Bonchev–Trinajstić information content (AvgIpc) is 2.73. The minimum atomic E-state index is 0.157. The molecule has 0 spiro atoms. The van der Waals surface area contributed by atoms with Gasteiger partial charge in [-0.1, -0.05) is 33.6 Å². The van der Waals surface area contributed by atoms with E-state index >= 15 is 0 Å². The maximum absolute atomic E-state index is 6.25. The molecule has 96 valence electrons. The Balaban J connectivity index is 2.52. The molecule has 2 rings (SSSR count). The highest BCUT2D eigenvalue weighted by Crippen LogP contribution is 2.35. The fourth-order valence-corrected chi connectivity index (χ4v) is 3.80. The van der Waals surface area contributed by atoms with Crippen molar-refractivity contribution in [1.29, 1.82) is 0 Å². The maximum atomic E-state index is 6.25. The van der Waals surface area contributed by atoms with Crippen molar-refractivity contribution >= 4 is 38.9 Å². The van der Waals surface area contributed by atoms with Gasteiger partial charge in [0.25, 0.3) is 0 Å². The summed E-state index contributed by atoms with van der Waals surface area (Å²) in [5, 5.41) is 6.22. The predicted molar refractivity (Wildman–Crippen MR) is 83.8 cm³/mol. The van der Waals surface area contributed by atoms with Gasteiger partial charge in [0.15, 0.2) is 0 Å². The van der Waals surface area contributed by atoms with Crippen LogP contribution in [0.3, 0.4) is 0 Å². The van der Waals surface area contributed by atoms with Crippen molar-refractivity contribution in [2.24, 2.45) is 0 Å². The van der Waals surface area contributed by atoms with Crippen molar-refractivity contribution < 1.29 is 0 Å². The van der Waals surface area contributed by atoms with Gasteiger partial charge in [-0.15, -0.1) is 11.3 Å². The van der Waals surface area contributed by atoms with Crippen LogP contribution in [0.25, 0.3) is 0 Å². The molecule has 0 saturated carbocycles. The van der Waals surface area contributed by atoms with Crippen molar-refractivity contribution in [3.63, 3.8) is 0 Å². The maximum Gasteiger partial charge on any atom is 0.0686 e. The number of halogens is 2. The molecule has 0 aliphatic carbocycles. The van der Waals surface area contributed by atoms with Gasteiger partial charge in [-0.25, -0.2) is 0 Å². The van der Waals surface area contributed by atoms with Gasteiger partial charge in [0.2, 0.25) is 0 Å². The van der Waals surface area contributed by atoms with Crippen LogP contribution < -0.4 is 5.32 Å². The molecule has 0 saturated heterocycles. The van der Waals surface area contributed by atoms with Gasteiger partial charge in [0, 0.05) is 9.35 Å². The second-order valence-electron chi connectivity index (χ2n) is 4.31. The topological polar surface area (TPSA) is 12.0 Å². The summed E-state index contributed by atoms with van der Waals surface area (Å²) in [6, 6.07) is 6.49. The van der Waals surface area contributed by atoms with Crippen LogP contribution in [-0.2, 0) is 0 Å². The van der Waals surface area contributed by atoms with Gasteiger partial charge in [0.1, 0.15) is 0 Å². The van der Waals surface area contributed by atoms with Crippen molar-refractivity contribution in [2.45, 2.75) is 19.9 Å². The van der Waals surface area contributed by atoms with Crippen LogP contribution in [-0.4, -0.2) is 7.05 Å². The lowest BCUT2D eigenvalue weighted by Crippen LogP contribution is -2.18. The predicted octanol–water partition coefficient (Wildman–Crippen LogP) is 5.09. The molecule has 0 aliphatic rings. The van der Waals surface area contributed by atoms with Crippen LogP contribution in [0.2, 0.25) is 5.02 Å². The molecule has 1 unspecified atom stereocenters. The fourth-order valence-electron chi connectivity index (χ4n) is 2.05. The van der Waals surface area contributed by atoms with Crippen molar-refractivity contribution in [1.82, 2.24) is 5.32 Å². The number of benzene rings is 1. The Morgan fingerprint density at radius 3 is 2.56 bits per heavy atom. The van der Waals surface area contributed by atoms with Gasteiger partial charge in [0.05, 0.1) is 11.1 Å². The van der Waals surface area contributed by atoms with E-state index in [2.05, 4.69) is 47.2 Å². The third-order valence-corrected chi connectivity index (χ3v) is 5.33. The van der Waals surface area contributed by atoms with Gasteiger partial charge in [-0.2, -0.15) is 0 Å². The van der Waals surface area contributed by atoms with Gasteiger partial charge in [-0.05, 0) is 55.1 Å². The van der Waals surface area contributed by atoms with Crippen LogP contribution in [0.4, 0.5) is 0 Å². The Bertz CT molecular complexity index is 565. The molecular formula is C14H15BrClNS. The molecule has 1 N–H and O–H groups in total.